The number of nitrogens with two attached hydrogens (primary N) is 1. The number of rotatable bonds is 5. The fraction of sp³-hybridized carbons (Fsp3) is 0.500. The number of carbonyl (C=O) groups excluding carboxylic acids is 1. The number of ether oxygens (including phenoxy) is 3. The molecular weight excluding hydrogens is 260 g/mol. The molecule has 2 rings (SSSR count). The second-order valence-corrected chi connectivity index (χ2v) is 4.71. The minimum Gasteiger partial charge on any atom is -0.484 e. The first-order valence-corrected chi connectivity index (χ1v) is 6.45. The summed E-state index contributed by atoms with van der Waals surface area (Å²) in [5, 5.41) is 0. The minimum atomic E-state index is -0.0889. The Morgan fingerprint density at radius 3 is 2.50 bits per heavy atom. The van der Waals surface area contributed by atoms with Crippen molar-refractivity contribution in [2.75, 3.05) is 39.6 Å². The van der Waals surface area contributed by atoms with E-state index >= 15 is 0 Å². The van der Waals surface area contributed by atoms with Crippen molar-refractivity contribution in [1.29, 1.82) is 0 Å². The zero-order chi connectivity index (χ0) is 14.5. The number of hydrogen-bond donors (Lipinski definition) is 1. The van der Waals surface area contributed by atoms with E-state index in [1.807, 2.05) is 0 Å². The summed E-state index contributed by atoms with van der Waals surface area (Å²) in [6.07, 6.45) is -0.173. The van der Waals surface area contributed by atoms with Gasteiger partial charge in [-0.05, 0) is 12.1 Å². The third-order valence-electron chi connectivity index (χ3n) is 3.39. The predicted molar refractivity (Wildman–Crippen MR) is 74.5 cm³/mol. The molecule has 1 aliphatic heterocycles. The molecule has 20 heavy (non-hydrogen) atoms. The van der Waals surface area contributed by atoms with E-state index in [1.54, 1.807) is 43.4 Å². The van der Waals surface area contributed by atoms with Crippen LogP contribution in [0.25, 0.3) is 0 Å². The molecule has 1 saturated heterocycles. The summed E-state index contributed by atoms with van der Waals surface area (Å²) >= 11 is 0. The van der Waals surface area contributed by atoms with Crippen LogP contribution in [-0.2, 0) is 14.3 Å². The summed E-state index contributed by atoms with van der Waals surface area (Å²) in [6, 6.07) is 7.01. The first kappa shape index (κ1) is 14.6. The Balaban J connectivity index is 1.86. The van der Waals surface area contributed by atoms with E-state index in [9.17, 15) is 4.79 Å². The average Bonchev–Trinajstić information content (AvgIpc) is 2.88. The molecule has 0 saturated carbocycles. The van der Waals surface area contributed by atoms with Gasteiger partial charge in [0.05, 0.1) is 0 Å². The average molecular weight is 280 g/mol. The second kappa shape index (κ2) is 6.58. The fourth-order valence-corrected chi connectivity index (χ4v) is 2.24. The van der Waals surface area contributed by atoms with Crippen molar-refractivity contribution in [2.24, 2.45) is 0 Å². The van der Waals surface area contributed by atoms with E-state index < -0.39 is 0 Å². The van der Waals surface area contributed by atoms with Crippen LogP contribution in [0, 0.1) is 0 Å². The number of carbonyl (C=O) groups is 1. The van der Waals surface area contributed by atoms with Gasteiger partial charge in [-0.15, -0.1) is 0 Å². The molecule has 0 aromatic heterocycles. The van der Waals surface area contributed by atoms with Crippen molar-refractivity contribution in [3.05, 3.63) is 24.3 Å². The zero-order valence-electron chi connectivity index (χ0n) is 11.7. The Hall–Kier alpha value is -1.79. The van der Waals surface area contributed by atoms with Gasteiger partial charge in [0.25, 0.3) is 5.91 Å². The number of likely N-dealkylation sites (tertiary alicyclic amines) is 1. The Kier molecular flexibility index (Phi) is 4.81. The molecule has 2 unspecified atom stereocenters. The molecule has 0 aliphatic carbocycles. The highest BCUT2D eigenvalue weighted by molar-refractivity contribution is 5.78. The van der Waals surface area contributed by atoms with E-state index in [1.165, 1.54) is 0 Å². The molecule has 1 aliphatic rings. The number of amides is 1. The van der Waals surface area contributed by atoms with Gasteiger partial charge in [-0.3, -0.25) is 4.79 Å². The molecule has 2 atom stereocenters. The Morgan fingerprint density at radius 2 is 1.95 bits per heavy atom. The third kappa shape index (κ3) is 3.40. The number of anilines is 1. The standard InChI is InChI=1S/C14H20N2O4/c1-18-12-7-16(8-13(12)19-2)14(17)9-20-11-5-3-4-10(15)6-11/h3-6,12-13H,7-9,15H2,1-2H3. The summed E-state index contributed by atoms with van der Waals surface area (Å²) in [5.74, 6) is 0.498. The molecule has 0 spiro atoms. The quantitative estimate of drug-likeness (QED) is 0.796. The Labute approximate surface area is 118 Å². The summed E-state index contributed by atoms with van der Waals surface area (Å²) in [4.78, 5) is 13.8. The molecule has 1 fully saturated rings. The van der Waals surface area contributed by atoms with Gasteiger partial charge in [0.15, 0.2) is 6.61 Å². The third-order valence-corrected chi connectivity index (χ3v) is 3.39. The van der Waals surface area contributed by atoms with Crippen LogP contribution in [-0.4, -0.2) is 56.9 Å². The molecular formula is C14H20N2O4. The summed E-state index contributed by atoms with van der Waals surface area (Å²) in [5.41, 5.74) is 6.26. The normalized spacial score (nSPS) is 22.0. The first-order valence-electron chi connectivity index (χ1n) is 6.45. The minimum absolute atomic E-state index is 0.0175. The van der Waals surface area contributed by atoms with Crippen molar-refractivity contribution in [3.8, 4) is 5.75 Å². The molecule has 2 N–H and O–H groups in total. The lowest BCUT2D eigenvalue weighted by Crippen LogP contribution is -2.34. The summed E-state index contributed by atoms with van der Waals surface area (Å²) in [6.45, 7) is 1.03. The van der Waals surface area contributed by atoms with E-state index in [2.05, 4.69) is 0 Å². The molecule has 110 valence electrons. The maximum atomic E-state index is 12.1. The lowest BCUT2D eigenvalue weighted by Gasteiger charge is -2.16. The number of nitrogen functional groups attached to an aromatic ring is 1. The molecule has 1 aromatic rings. The van der Waals surface area contributed by atoms with Crippen LogP contribution in [0.5, 0.6) is 5.75 Å². The first-order chi connectivity index (χ1) is 9.63. The van der Waals surface area contributed by atoms with E-state index in [0.717, 1.165) is 0 Å². The van der Waals surface area contributed by atoms with Gasteiger partial charge in [0.2, 0.25) is 0 Å². The summed E-state index contributed by atoms with van der Waals surface area (Å²) in [7, 11) is 3.24. The zero-order valence-corrected chi connectivity index (χ0v) is 11.7. The highest BCUT2D eigenvalue weighted by Crippen LogP contribution is 2.17. The number of nitrogens with zero attached hydrogens (tertiary/aromatic N) is 1. The van der Waals surface area contributed by atoms with Gasteiger partial charge in [0, 0.05) is 39.1 Å². The SMILES string of the molecule is COC1CN(C(=O)COc2cccc(N)c2)CC1OC. The smallest absolute Gasteiger partial charge is 0.260 e. The monoisotopic (exact) mass is 280 g/mol. The van der Waals surface area contributed by atoms with Crippen LogP contribution in [0.15, 0.2) is 24.3 Å². The predicted octanol–water partition coefficient (Wildman–Crippen LogP) is 0.520. The molecule has 1 heterocycles. The van der Waals surface area contributed by atoms with Crippen molar-refractivity contribution < 1.29 is 19.0 Å². The second-order valence-electron chi connectivity index (χ2n) is 4.71. The molecule has 6 heteroatoms. The van der Waals surface area contributed by atoms with Crippen LogP contribution in [0.4, 0.5) is 5.69 Å². The van der Waals surface area contributed by atoms with Crippen molar-refractivity contribution in [1.82, 2.24) is 4.90 Å². The number of benzene rings is 1. The highest BCUT2D eigenvalue weighted by Gasteiger charge is 2.35. The lowest BCUT2D eigenvalue weighted by atomic mass is 10.3. The maximum Gasteiger partial charge on any atom is 0.260 e. The van der Waals surface area contributed by atoms with E-state index in [4.69, 9.17) is 19.9 Å². The Bertz CT molecular complexity index is 454. The molecule has 6 nitrogen and oxygen atoms in total. The Morgan fingerprint density at radius 1 is 1.30 bits per heavy atom. The van der Waals surface area contributed by atoms with Gasteiger partial charge in [-0.1, -0.05) is 6.07 Å². The van der Waals surface area contributed by atoms with Crippen LogP contribution in [0.1, 0.15) is 0 Å². The van der Waals surface area contributed by atoms with E-state index in [0.29, 0.717) is 24.5 Å². The van der Waals surface area contributed by atoms with Crippen LogP contribution in [0.3, 0.4) is 0 Å². The van der Waals surface area contributed by atoms with Gasteiger partial charge >= 0.3 is 0 Å². The lowest BCUT2D eigenvalue weighted by molar-refractivity contribution is -0.132. The van der Waals surface area contributed by atoms with Crippen molar-refractivity contribution in [3.63, 3.8) is 0 Å². The van der Waals surface area contributed by atoms with Crippen LogP contribution < -0.4 is 10.5 Å². The molecule has 0 radical (unpaired) electrons. The highest BCUT2D eigenvalue weighted by atomic mass is 16.5. The molecule has 1 aromatic carbocycles. The number of methoxy groups -OCH3 is 2. The van der Waals surface area contributed by atoms with Gasteiger partial charge in [-0.25, -0.2) is 0 Å². The maximum absolute atomic E-state index is 12.1. The fourth-order valence-electron chi connectivity index (χ4n) is 2.24. The van der Waals surface area contributed by atoms with E-state index in [-0.39, 0.29) is 24.7 Å². The summed E-state index contributed by atoms with van der Waals surface area (Å²) < 4.78 is 16.0. The van der Waals surface area contributed by atoms with Gasteiger partial charge in [0.1, 0.15) is 18.0 Å². The number of hydrogen-bond acceptors (Lipinski definition) is 5. The molecule has 0 bridgehead atoms. The van der Waals surface area contributed by atoms with Crippen LogP contribution >= 0.6 is 0 Å². The largest absolute Gasteiger partial charge is 0.484 e. The van der Waals surface area contributed by atoms with Crippen molar-refractivity contribution in [2.45, 2.75) is 12.2 Å². The topological polar surface area (TPSA) is 74.0 Å². The van der Waals surface area contributed by atoms with Crippen LogP contribution in [0.2, 0.25) is 0 Å². The van der Waals surface area contributed by atoms with Crippen molar-refractivity contribution >= 4 is 11.6 Å². The van der Waals surface area contributed by atoms with Gasteiger partial charge < -0.3 is 24.8 Å². The van der Waals surface area contributed by atoms with Gasteiger partial charge in [-0.2, -0.15) is 0 Å². The molecule has 1 amide bonds.